The lowest BCUT2D eigenvalue weighted by molar-refractivity contribution is -0.131. The molecule has 3 rings (SSSR count). The minimum absolute atomic E-state index is 0.232. The van der Waals surface area contributed by atoms with Gasteiger partial charge in [0.05, 0.1) is 0 Å². The molecule has 0 unspecified atom stereocenters. The van der Waals surface area contributed by atoms with Crippen LogP contribution >= 0.6 is 0 Å². The third-order valence-corrected chi connectivity index (χ3v) is 3.67. The number of carbonyl (C=O) groups is 1. The quantitative estimate of drug-likeness (QED) is 0.541. The van der Waals surface area contributed by atoms with Gasteiger partial charge < -0.3 is 4.74 Å². The SMILES string of the molecule is CC(=O)Oc1cccc2c1[C@@H]1CCCCC=C21. The summed E-state index contributed by atoms with van der Waals surface area (Å²) in [4.78, 5) is 11.1. The number of hydrogen-bond donors (Lipinski definition) is 0. The number of benzene rings is 1. The van der Waals surface area contributed by atoms with Crippen LogP contribution in [0.1, 0.15) is 49.7 Å². The van der Waals surface area contributed by atoms with Crippen molar-refractivity contribution in [1.29, 1.82) is 0 Å². The molecule has 0 N–H and O–H groups in total. The minimum atomic E-state index is -0.232. The van der Waals surface area contributed by atoms with Crippen LogP contribution in [0.5, 0.6) is 5.75 Å². The fourth-order valence-electron chi connectivity index (χ4n) is 2.97. The standard InChI is InChI=1S/C15H16O2/c1-10(16)17-14-9-5-8-13-11-6-3-2-4-7-12(11)15(13)14/h5-6,8-9,12H,2-4,7H2,1H3/t12-/m1/s1. The van der Waals surface area contributed by atoms with E-state index in [-0.39, 0.29) is 5.97 Å². The average Bonchev–Trinajstić information content (AvgIpc) is 2.47. The number of allylic oxidation sites excluding steroid dienone is 2. The Kier molecular flexibility index (Phi) is 2.50. The van der Waals surface area contributed by atoms with Crippen LogP contribution in [0.25, 0.3) is 5.57 Å². The van der Waals surface area contributed by atoms with Gasteiger partial charge in [0, 0.05) is 18.4 Å². The van der Waals surface area contributed by atoms with Crippen molar-refractivity contribution in [3.05, 3.63) is 35.4 Å². The fraction of sp³-hybridized carbons (Fsp3) is 0.400. The Morgan fingerprint density at radius 2 is 2.24 bits per heavy atom. The largest absolute Gasteiger partial charge is 0.426 e. The first-order valence-electron chi connectivity index (χ1n) is 6.29. The van der Waals surface area contributed by atoms with E-state index in [1.807, 2.05) is 12.1 Å². The van der Waals surface area contributed by atoms with Crippen molar-refractivity contribution < 1.29 is 9.53 Å². The van der Waals surface area contributed by atoms with Gasteiger partial charge in [-0.2, -0.15) is 0 Å². The second kappa shape index (κ2) is 4.02. The molecule has 2 nitrogen and oxygen atoms in total. The monoisotopic (exact) mass is 228 g/mol. The van der Waals surface area contributed by atoms with Gasteiger partial charge in [0.2, 0.25) is 0 Å². The van der Waals surface area contributed by atoms with Crippen molar-refractivity contribution in [3.8, 4) is 5.75 Å². The highest BCUT2D eigenvalue weighted by atomic mass is 16.5. The van der Waals surface area contributed by atoms with Crippen LogP contribution in [-0.2, 0) is 4.79 Å². The Morgan fingerprint density at radius 3 is 3.06 bits per heavy atom. The zero-order valence-corrected chi connectivity index (χ0v) is 10.0. The van der Waals surface area contributed by atoms with Gasteiger partial charge in [0.25, 0.3) is 0 Å². The Balaban J connectivity index is 2.02. The van der Waals surface area contributed by atoms with Crippen LogP contribution < -0.4 is 4.74 Å². The number of ether oxygens (including phenoxy) is 1. The predicted octanol–water partition coefficient (Wildman–Crippen LogP) is 3.67. The van der Waals surface area contributed by atoms with E-state index in [2.05, 4.69) is 12.1 Å². The van der Waals surface area contributed by atoms with Crippen molar-refractivity contribution in [2.75, 3.05) is 0 Å². The highest BCUT2D eigenvalue weighted by Crippen LogP contribution is 2.53. The molecule has 0 saturated heterocycles. The van der Waals surface area contributed by atoms with Crippen molar-refractivity contribution in [1.82, 2.24) is 0 Å². The van der Waals surface area contributed by atoms with Crippen LogP contribution in [0, 0.1) is 0 Å². The lowest BCUT2D eigenvalue weighted by Crippen LogP contribution is -2.18. The summed E-state index contributed by atoms with van der Waals surface area (Å²) in [5.74, 6) is 1.03. The molecular formula is C15H16O2. The molecule has 0 radical (unpaired) electrons. The van der Waals surface area contributed by atoms with E-state index in [0.717, 1.165) is 5.75 Å². The summed E-state index contributed by atoms with van der Waals surface area (Å²) in [6, 6.07) is 6.01. The smallest absolute Gasteiger partial charge is 0.308 e. The number of hydrogen-bond acceptors (Lipinski definition) is 2. The predicted molar refractivity (Wildman–Crippen MR) is 66.9 cm³/mol. The summed E-state index contributed by atoms with van der Waals surface area (Å²) in [5.41, 5.74) is 4.00. The molecule has 0 amide bonds. The Bertz CT molecular complexity index is 500. The third kappa shape index (κ3) is 1.68. The molecule has 2 heteroatoms. The molecule has 2 aliphatic carbocycles. The zero-order valence-electron chi connectivity index (χ0n) is 10.0. The van der Waals surface area contributed by atoms with E-state index < -0.39 is 0 Å². The molecule has 1 aromatic carbocycles. The van der Waals surface area contributed by atoms with Crippen molar-refractivity contribution in [2.45, 2.75) is 38.5 Å². The molecule has 0 aliphatic heterocycles. The van der Waals surface area contributed by atoms with Crippen LogP contribution in [0.4, 0.5) is 0 Å². The fourth-order valence-corrected chi connectivity index (χ4v) is 2.97. The van der Waals surface area contributed by atoms with E-state index in [9.17, 15) is 4.79 Å². The second-order valence-electron chi connectivity index (χ2n) is 4.81. The van der Waals surface area contributed by atoms with E-state index in [1.165, 1.54) is 49.3 Å². The summed E-state index contributed by atoms with van der Waals surface area (Å²) in [7, 11) is 0. The normalized spacial score (nSPS) is 21.5. The van der Waals surface area contributed by atoms with E-state index in [4.69, 9.17) is 4.74 Å². The maximum atomic E-state index is 11.1. The van der Waals surface area contributed by atoms with E-state index in [0.29, 0.717) is 5.92 Å². The maximum absolute atomic E-state index is 11.1. The van der Waals surface area contributed by atoms with Crippen molar-refractivity contribution in [2.24, 2.45) is 0 Å². The lowest BCUT2D eigenvalue weighted by atomic mass is 9.70. The molecule has 1 aromatic rings. The molecule has 0 heterocycles. The maximum Gasteiger partial charge on any atom is 0.308 e. The first kappa shape index (κ1) is 10.6. The highest BCUT2D eigenvalue weighted by molar-refractivity contribution is 5.87. The van der Waals surface area contributed by atoms with Gasteiger partial charge in [0.1, 0.15) is 5.75 Å². The first-order chi connectivity index (χ1) is 8.27. The van der Waals surface area contributed by atoms with Crippen LogP contribution in [-0.4, -0.2) is 5.97 Å². The summed E-state index contributed by atoms with van der Waals surface area (Å²) in [6.07, 6.45) is 7.27. The molecule has 17 heavy (non-hydrogen) atoms. The topological polar surface area (TPSA) is 26.3 Å². The van der Waals surface area contributed by atoms with Crippen molar-refractivity contribution >= 4 is 11.5 Å². The molecule has 1 atom stereocenters. The van der Waals surface area contributed by atoms with Gasteiger partial charge in [0.15, 0.2) is 0 Å². The molecule has 0 saturated carbocycles. The zero-order chi connectivity index (χ0) is 11.8. The Labute approximate surface area is 101 Å². The number of esters is 1. The van der Waals surface area contributed by atoms with Crippen LogP contribution in [0.3, 0.4) is 0 Å². The average molecular weight is 228 g/mol. The van der Waals surface area contributed by atoms with E-state index >= 15 is 0 Å². The Hall–Kier alpha value is -1.57. The van der Waals surface area contributed by atoms with Gasteiger partial charge in [-0.05, 0) is 36.5 Å². The summed E-state index contributed by atoms with van der Waals surface area (Å²) in [5, 5.41) is 0. The number of carbonyl (C=O) groups excluding carboxylic acids is 1. The van der Waals surface area contributed by atoms with E-state index in [1.54, 1.807) is 0 Å². The molecule has 0 fully saturated rings. The molecule has 0 spiro atoms. The van der Waals surface area contributed by atoms with Gasteiger partial charge in [-0.25, -0.2) is 0 Å². The Morgan fingerprint density at radius 1 is 1.35 bits per heavy atom. The first-order valence-corrected chi connectivity index (χ1v) is 6.29. The molecule has 0 aromatic heterocycles. The number of fused-ring (bicyclic) bond motifs is 4. The molecule has 2 aliphatic rings. The summed E-state index contributed by atoms with van der Waals surface area (Å²) < 4.78 is 5.30. The van der Waals surface area contributed by atoms with Crippen LogP contribution in [0.15, 0.2) is 24.3 Å². The van der Waals surface area contributed by atoms with Crippen LogP contribution in [0.2, 0.25) is 0 Å². The minimum Gasteiger partial charge on any atom is -0.426 e. The molecule has 88 valence electrons. The van der Waals surface area contributed by atoms with Gasteiger partial charge in [-0.3, -0.25) is 4.79 Å². The summed E-state index contributed by atoms with van der Waals surface area (Å²) >= 11 is 0. The summed E-state index contributed by atoms with van der Waals surface area (Å²) in [6.45, 7) is 1.46. The molecular weight excluding hydrogens is 212 g/mol. The van der Waals surface area contributed by atoms with Crippen molar-refractivity contribution in [3.63, 3.8) is 0 Å². The van der Waals surface area contributed by atoms with Gasteiger partial charge >= 0.3 is 5.97 Å². The molecule has 0 bridgehead atoms. The van der Waals surface area contributed by atoms with Gasteiger partial charge in [-0.1, -0.05) is 24.6 Å². The third-order valence-electron chi connectivity index (χ3n) is 3.67. The van der Waals surface area contributed by atoms with Gasteiger partial charge in [-0.15, -0.1) is 0 Å². The highest BCUT2D eigenvalue weighted by Gasteiger charge is 2.35. The second-order valence-corrected chi connectivity index (χ2v) is 4.81. The number of rotatable bonds is 1. The lowest BCUT2D eigenvalue weighted by Gasteiger charge is -2.34.